The van der Waals surface area contributed by atoms with Crippen molar-refractivity contribution in [2.75, 3.05) is 13.2 Å². The minimum Gasteiger partial charge on any atom is -0.726 e. The van der Waals surface area contributed by atoms with Crippen LogP contribution in [0, 0.1) is 0 Å². The fourth-order valence-corrected chi connectivity index (χ4v) is 13.2. The molecule has 101 heavy (non-hydrogen) atoms. The van der Waals surface area contributed by atoms with Crippen molar-refractivity contribution in [3.63, 3.8) is 0 Å². The maximum absolute atomic E-state index is 14.1. The molecule has 3 aliphatic rings. The highest BCUT2D eigenvalue weighted by atomic mass is 32.3. The first kappa shape index (κ1) is 81.2. The van der Waals surface area contributed by atoms with Crippen LogP contribution in [0.4, 0.5) is 19.2 Å². The third-order valence-electron chi connectivity index (χ3n) is 13.7. The van der Waals surface area contributed by atoms with E-state index in [0.29, 0.717) is 5.56 Å². The average molecular weight is 1570 g/mol. The van der Waals surface area contributed by atoms with Crippen LogP contribution in [0.25, 0.3) is 0 Å². The molecule has 4 aromatic rings. The number of hydrogen-bond donors (Lipinski definition) is 4. The molecule has 0 aromatic heterocycles. The molecule has 0 bridgehead atoms. The van der Waals surface area contributed by atoms with Gasteiger partial charge in [0.25, 0.3) is 0 Å². The molecule has 44 nitrogen and oxygen atoms in total. The molecule has 15 atom stereocenters. The summed E-state index contributed by atoms with van der Waals surface area (Å²) in [6.07, 6.45) is -46.1. The van der Waals surface area contributed by atoms with Crippen LogP contribution in [0.1, 0.15) is 28.7 Å². The van der Waals surface area contributed by atoms with E-state index in [1.165, 1.54) is 115 Å². The van der Waals surface area contributed by atoms with Crippen LogP contribution < -0.4 is 21.3 Å². The number of alkyl carbamates (subject to hydrolysis) is 4. The smallest absolute Gasteiger partial charge is 0.407 e. The molecule has 3 fully saturated rings. The first-order valence-corrected chi connectivity index (χ1v) is 37.3. The number of rotatable bonds is 32. The monoisotopic (exact) mass is 1570 g/mol. The average Bonchev–Trinajstić information content (AvgIpc) is 0.756. The van der Waals surface area contributed by atoms with Crippen molar-refractivity contribution >= 4 is 97.2 Å². The Bertz CT molecular complexity index is 4290. The van der Waals surface area contributed by atoms with Gasteiger partial charge in [0.15, 0.2) is 18.7 Å². The Morgan fingerprint density at radius 1 is 0.356 bits per heavy atom. The summed E-state index contributed by atoms with van der Waals surface area (Å²) in [5, 5.41) is 7.90. The van der Waals surface area contributed by atoms with Crippen LogP contribution in [0.5, 0.6) is 0 Å². The zero-order valence-electron chi connectivity index (χ0n) is 50.3. The quantitative estimate of drug-likeness (QED) is 0.0215. The van der Waals surface area contributed by atoms with E-state index >= 15 is 0 Å². The molecule has 7 rings (SSSR count). The van der Waals surface area contributed by atoms with E-state index < -0.39 is 235 Å². The van der Waals surface area contributed by atoms with Gasteiger partial charge in [0.05, 0.1) is 24.7 Å². The molecule has 4 aromatic carbocycles. The molecule has 0 spiro atoms. The van der Waals surface area contributed by atoms with Crippen LogP contribution in [-0.4, -0.2) is 220 Å². The molecule has 562 valence electrons. The Kier molecular flexibility index (Phi) is 28.1. The van der Waals surface area contributed by atoms with E-state index in [1.54, 1.807) is 11.4 Å². The first-order valence-electron chi connectivity index (χ1n) is 28.0. The largest absolute Gasteiger partial charge is 0.726 e. The van der Waals surface area contributed by atoms with Crippen LogP contribution in [0.3, 0.4) is 0 Å². The normalized spacial score (nSPS) is 26.1. The van der Waals surface area contributed by atoms with E-state index in [4.69, 9.17) is 42.1 Å². The van der Waals surface area contributed by atoms with Crippen molar-refractivity contribution < 1.29 is 177 Å². The second kappa shape index (κ2) is 34.9. The van der Waals surface area contributed by atoms with E-state index in [0.717, 1.165) is 0 Å². The molecule has 4 N–H and O–H groups in total. The highest BCUT2D eigenvalue weighted by Gasteiger charge is 2.59. The maximum Gasteiger partial charge on any atom is 0.407 e. The van der Waals surface area contributed by atoms with Crippen molar-refractivity contribution in [3.8, 4) is 0 Å². The van der Waals surface area contributed by atoms with E-state index in [-0.39, 0.29) is 16.7 Å². The van der Waals surface area contributed by atoms with Gasteiger partial charge >= 0.3 is 24.4 Å². The molecule has 2 aliphatic heterocycles. The summed E-state index contributed by atoms with van der Waals surface area (Å²) in [4.78, 5) is 55.1. The molecule has 4 amide bonds. The van der Waals surface area contributed by atoms with Crippen molar-refractivity contribution in [1.29, 1.82) is 0 Å². The van der Waals surface area contributed by atoms with Gasteiger partial charge in [-0.3, -0.25) is 29.3 Å². The molecule has 1 aliphatic carbocycles. The van der Waals surface area contributed by atoms with Gasteiger partial charge in [-0.2, -0.15) is 0 Å². The molecule has 6 unspecified atom stereocenters. The van der Waals surface area contributed by atoms with Crippen LogP contribution >= 0.6 is 0 Å². The number of amides is 4. The molecular formula is C50H53N4O40S7-7. The Hall–Kier alpha value is -7.11. The van der Waals surface area contributed by atoms with E-state index in [1.807, 2.05) is 5.32 Å². The Morgan fingerprint density at radius 2 is 0.663 bits per heavy atom. The van der Waals surface area contributed by atoms with E-state index in [2.05, 4.69) is 35.7 Å². The highest BCUT2D eigenvalue weighted by Crippen LogP contribution is 2.39. The van der Waals surface area contributed by atoms with Crippen molar-refractivity contribution in [2.24, 2.45) is 0 Å². The lowest BCUT2D eigenvalue weighted by Gasteiger charge is -2.51. The van der Waals surface area contributed by atoms with Crippen molar-refractivity contribution in [1.82, 2.24) is 21.3 Å². The fraction of sp³-hybridized carbons (Fsp3) is 0.440. The predicted octanol–water partition coefficient (Wildman–Crippen LogP) is -3.03. The number of benzene rings is 4. The summed E-state index contributed by atoms with van der Waals surface area (Å²) in [6.45, 7) is -6.11. The number of carbonyl (C=O) groups excluding carboxylic acids is 4. The minimum absolute atomic E-state index is 0.166. The van der Waals surface area contributed by atoms with Gasteiger partial charge in [-0.05, 0) is 28.7 Å². The lowest BCUT2D eigenvalue weighted by molar-refractivity contribution is -0.323. The van der Waals surface area contributed by atoms with Crippen LogP contribution in [0.15, 0.2) is 121 Å². The maximum atomic E-state index is 14.1. The summed E-state index contributed by atoms with van der Waals surface area (Å²) in [5.41, 5.74) is 0.887. The SMILES string of the molecule is O=C(NCC1O[C@@H](OC2C(NC(=O)OCc3ccccc3)C[C@@H](NC(=O)OCc3ccccc3)[C@H](OC3OC(COS(=O)(=O)[O-])[C@@H](OS(=O)(=O)[O-])[C@H](NC(=O)OCc4ccccc4)[C@H]3OS(=O)(=O)[O-])[C@H]2OS(=O)(=O)[O-])[C@H](OS(=O)(=O)[O-])[C@@H](OS(=O)(=O)[O-])C1OS(=O)(=O)[O-])OCc1ccccc1. The Morgan fingerprint density at radius 3 is 1.04 bits per heavy atom. The number of nitrogens with one attached hydrogen (secondary N) is 4. The van der Waals surface area contributed by atoms with Gasteiger partial charge in [-0.1, -0.05) is 121 Å². The Balaban J connectivity index is 1.45. The highest BCUT2D eigenvalue weighted by molar-refractivity contribution is 7.82. The van der Waals surface area contributed by atoms with Crippen LogP contribution in [-0.2, 0) is 166 Å². The van der Waals surface area contributed by atoms with Gasteiger partial charge in [0.2, 0.25) is 72.8 Å². The van der Waals surface area contributed by atoms with Gasteiger partial charge < -0.3 is 91.0 Å². The molecule has 0 radical (unpaired) electrons. The summed E-state index contributed by atoms with van der Waals surface area (Å²) in [6, 6.07) is 21.0. The molecule has 2 heterocycles. The second-order valence-electron chi connectivity index (χ2n) is 20.8. The number of hydrogen-bond acceptors (Lipinski definition) is 40. The van der Waals surface area contributed by atoms with Gasteiger partial charge in [-0.25, -0.2) is 78.1 Å². The molecule has 1 saturated carbocycles. The lowest BCUT2D eigenvalue weighted by atomic mass is 9.83. The molecule has 2 saturated heterocycles. The standard InChI is InChI=1S/C50H60N4O40S7/c55-47(80-23-28-13-5-1-6-14-28)51-22-34-40(90-97(65,66)67)43(93-100(74,75)76)44(94-101(77,78)79)46(85-34)88-38-33(53-49(57)82-25-30-17-9-3-10-18-30)21-32(52-48(56)81-24-29-15-7-2-8-16-29)37(42(38)92-99(71,72)73)87-45-41(91-98(68,69)70)36(54-50(58)83-26-31-19-11-4-12-20-31)39(89-96(62,63)64)35(86-45)27-84-95(59,60)61/h1-20,32-46H,21-27H2,(H,51,55)(H,52,56)(H,53,57)(H,54,58)(H,59,60,61)(H,62,63,64)(H,65,66,67)(H,68,69,70)(H,71,72,73)(H,74,75,76)(H,77,78,79)/p-7/t32-,33?,34?,35?,36+,37+,38?,39-,40?,41-,42-,43+,44-,45?,46+/m1/s1. The van der Waals surface area contributed by atoms with Crippen LogP contribution in [0.2, 0.25) is 0 Å². The fourth-order valence-electron chi connectivity index (χ4n) is 9.92. The van der Waals surface area contributed by atoms with Crippen molar-refractivity contribution in [3.05, 3.63) is 144 Å². The predicted molar refractivity (Wildman–Crippen MR) is 310 cm³/mol. The summed E-state index contributed by atoms with van der Waals surface area (Å²) in [5.74, 6) is 0. The first-order chi connectivity index (χ1) is 47.0. The zero-order valence-corrected chi connectivity index (χ0v) is 56.1. The Labute approximate surface area is 573 Å². The second-order valence-corrected chi connectivity index (χ2v) is 27.9. The third-order valence-corrected chi connectivity index (χ3v) is 16.9. The summed E-state index contributed by atoms with van der Waals surface area (Å²) >= 11 is 0. The van der Waals surface area contributed by atoms with Crippen molar-refractivity contribution in [2.45, 2.75) is 125 Å². The topological polar surface area (TPSA) is 655 Å². The molecular weight excluding hydrogens is 1520 g/mol. The van der Waals surface area contributed by atoms with Gasteiger partial charge in [-0.15, -0.1) is 0 Å². The van der Waals surface area contributed by atoms with E-state index in [9.17, 15) is 110 Å². The van der Waals surface area contributed by atoms with Gasteiger partial charge in [0, 0.05) is 6.54 Å². The molecule has 51 heteroatoms. The minimum atomic E-state index is -6.67. The number of ether oxygens (including phenoxy) is 8. The number of carbonyl (C=O) groups is 4. The lowest BCUT2D eigenvalue weighted by Crippen LogP contribution is -2.72. The zero-order chi connectivity index (χ0) is 74.3. The summed E-state index contributed by atoms with van der Waals surface area (Å²) in [7, 11) is -45.1. The van der Waals surface area contributed by atoms with Gasteiger partial charge in [0.1, 0.15) is 81.4 Å². The summed E-state index contributed by atoms with van der Waals surface area (Å²) < 4.78 is 340. The third kappa shape index (κ3) is 27.9.